The average molecular weight is 445 g/mol. The Morgan fingerprint density at radius 2 is 2.04 bits per heavy atom. The number of ether oxygens (including phenoxy) is 2. The highest BCUT2D eigenvalue weighted by Gasteiger charge is 2.20. The number of aryl methyl sites for hydroxylation is 1. The van der Waals surface area contributed by atoms with E-state index in [1.807, 2.05) is 12.1 Å². The second-order valence-corrected chi connectivity index (χ2v) is 6.34. The van der Waals surface area contributed by atoms with Crippen LogP contribution in [-0.4, -0.2) is 22.5 Å². The first-order valence-electron chi connectivity index (χ1n) is 6.80. The molecule has 0 bridgehead atoms. The van der Waals surface area contributed by atoms with E-state index in [-0.39, 0.29) is 24.7 Å². The number of carbonyl (C=O) groups excluding carboxylic acids is 1. The maximum atomic E-state index is 12.1. The van der Waals surface area contributed by atoms with Crippen molar-refractivity contribution < 1.29 is 14.3 Å². The van der Waals surface area contributed by atoms with Crippen molar-refractivity contribution in [2.75, 3.05) is 12.3 Å². The number of rotatable bonds is 5. The van der Waals surface area contributed by atoms with Crippen molar-refractivity contribution in [3.05, 3.63) is 44.1 Å². The minimum absolute atomic E-state index is 0.0714. The van der Waals surface area contributed by atoms with Crippen LogP contribution in [0.4, 0.5) is 5.95 Å². The molecule has 0 saturated carbocycles. The standard InChI is InChI=1S/C15H15Br2N3O3/c1-3-22-14(21)13-8(2)19-15(18)20-11(13)7-23-12-5-4-9(16)6-10(12)17/h4-6H,3,7H2,1-2H3,(H2,18,19,20). The Kier molecular flexibility index (Phi) is 5.95. The Morgan fingerprint density at radius 1 is 1.30 bits per heavy atom. The quantitative estimate of drug-likeness (QED) is 0.708. The Bertz CT molecular complexity index is 738. The van der Waals surface area contributed by atoms with Crippen LogP contribution in [0, 0.1) is 6.92 Å². The molecule has 1 heterocycles. The molecule has 0 saturated heterocycles. The van der Waals surface area contributed by atoms with Gasteiger partial charge in [-0.2, -0.15) is 0 Å². The van der Waals surface area contributed by atoms with Crippen molar-refractivity contribution in [2.45, 2.75) is 20.5 Å². The first-order valence-corrected chi connectivity index (χ1v) is 8.39. The van der Waals surface area contributed by atoms with Gasteiger partial charge < -0.3 is 15.2 Å². The van der Waals surface area contributed by atoms with E-state index in [9.17, 15) is 4.79 Å². The van der Waals surface area contributed by atoms with Gasteiger partial charge in [0.15, 0.2) is 0 Å². The maximum absolute atomic E-state index is 12.1. The molecule has 122 valence electrons. The molecule has 0 radical (unpaired) electrons. The molecule has 0 aliphatic heterocycles. The molecule has 1 aromatic heterocycles. The fourth-order valence-corrected chi connectivity index (χ4v) is 3.13. The molecule has 1 aromatic carbocycles. The molecule has 2 rings (SSSR count). The summed E-state index contributed by atoms with van der Waals surface area (Å²) in [5, 5.41) is 0. The molecular formula is C15H15Br2N3O3. The van der Waals surface area contributed by atoms with Crippen LogP contribution in [0.25, 0.3) is 0 Å². The number of benzene rings is 1. The number of aromatic nitrogens is 2. The van der Waals surface area contributed by atoms with E-state index in [0.717, 1.165) is 8.95 Å². The van der Waals surface area contributed by atoms with Gasteiger partial charge >= 0.3 is 5.97 Å². The van der Waals surface area contributed by atoms with E-state index in [1.165, 1.54) is 0 Å². The summed E-state index contributed by atoms with van der Waals surface area (Å²) in [6.07, 6.45) is 0. The Balaban J connectivity index is 2.29. The monoisotopic (exact) mass is 443 g/mol. The van der Waals surface area contributed by atoms with Gasteiger partial charge in [-0.15, -0.1) is 0 Å². The molecule has 6 nitrogen and oxygen atoms in total. The molecule has 0 fully saturated rings. The van der Waals surface area contributed by atoms with Gasteiger partial charge in [0.25, 0.3) is 0 Å². The molecule has 23 heavy (non-hydrogen) atoms. The number of hydrogen-bond donors (Lipinski definition) is 1. The van der Waals surface area contributed by atoms with Crippen molar-refractivity contribution in [1.82, 2.24) is 9.97 Å². The van der Waals surface area contributed by atoms with Crippen LogP contribution in [0.15, 0.2) is 27.1 Å². The number of halogens is 2. The highest BCUT2D eigenvalue weighted by Crippen LogP contribution is 2.29. The highest BCUT2D eigenvalue weighted by atomic mass is 79.9. The summed E-state index contributed by atoms with van der Waals surface area (Å²) in [5.74, 6) is 0.223. The van der Waals surface area contributed by atoms with Crippen LogP contribution < -0.4 is 10.5 Å². The number of carbonyl (C=O) groups is 1. The third-order valence-electron chi connectivity index (χ3n) is 2.92. The van der Waals surface area contributed by atoms with E-state index in [4.69, 9.17) is 15.2 Å². The van der Waals surface area contributed by atoms with Crippen molar-refractivity contribution >= 4 is 43.8 Å². The summed E-state index contributed by atoms with van der Waals surface area (Å²) in [5.41, 5.74) is 6.82. The maximum Gasteiger partial charge on any atom is 0.341 e. The van der Waals surface area contributed by atoms with Gasteiger partial charge in [-0.05, 0) is 48.0 Å². The fraction of sp³-hybridized carbons (Fsp3) is 0.267. The van der Waals surface area contributed by atoms with E-state index in [2.05, 4.69) is 41.8 Å². The first kappa shape index (κ1) is 17.7. The van der Waals surface area contributed by atoms with E-state index >= 15 is 0 Å². The summed E-state index contributed by atoms with van der Waals surface area (Å²) in [7, 11) is 0. The number of nitrogens with two attached hydrogens (primary N) is 1. The number of hydrogen-bond acceptors (Lipinski definition) is 6. The van der Waals surface area contributed by atoms with E-state index < -0.39 is 5.97 Å². The third-order valence-corrected chi connectivity index (χ3v) is 4.03. The van der Waals surface area contributed by atoms with Crippen molar-refractivity contribution in [3.8, 4) is 5.75 Å². The van der Waals surface area contributed by atoms with Crippen molar-refractivity contribution in [3.63, 3.8) is 0 Å². The van der Waals surface area contributed by atoms with Crippen LogP contribution in [0.5, 0.6) is 5.75 Å². The Labute approximate surface area is 150 Å². The zero-order valence-corrected chi connectivity index (χ0v) is 15.8. The SMILES string of the molecule is CCOC(=O)c1c(C)nc(N)nc1COc1ccc(Br)cc1Br. The van der Waals surface area contributed by atoms with Crippen molar-refractivity contribution in [1.29, 1.82) is 0 Å². The van der Waals surface area contributed by atoms with Gasteiger partial charge in [-0.3, -0.25) is 0 Å². The summed E-state index contributed by atoms with van der Waals surface area (Å²) in [6.45, 7) is 3.76. The number of esters is 1. The summed E-state index contributed by atoms with van der Waals surface area (Å²) in [4.78, 5) is 20.2. The van der Waals surface area contributed by atoms with E-state index in [1.54, 1.807) is 19.9 Å². The lowest BCUT2D eigenvalue weighted by molar-refractivity contribution is 0.0521. The van der Waals surface area contributed by atoms with Crippen LogP contribution in [0.2, 0.25) is 0 Å². The Morgan fingerprint density at radius 3 is 2.70 bits per heavy atom. The van der Waals surface area contributed by atoms with Gasteiger partial charge in [-0.25, -0.2) is 14.8 Å². The molecule has 0 amide bonds. The lowest BCUT2D eigenvalue weighted by atomic mass is 10.1. The third kappa shape index (κ3) is 4.42. The number of nitrogen functional groups attached to an aromatic ring is 1. The van der Waals surface area contributed by atoms with Gasteiger partial charge in [0, 0.05) is 4.47 Å². The van der Waals surface area contributed by atoms with Gasteiger partial charge in [0.2, 0.25) is 5.95 Å². The van der Waals surface area contributed by atoms with Crippen LogP contribution in [0.1, 0.15) is 28.7 Å². The number of nitrogens with zero attached hydrogens (tertiary/aromatic N) is 2. The minimum atomic E-state index is -0.488. The second-order valence-electron chi connectivity index (χ2n) is 4.57. The van der Waals surface area contributed by atoms with Crippen LogP contribution in [-0.2, 0) is 11.3 Å². The molecule has 2 aromatic rings. The summed E-state index contributed by atoms with van der Waals surface area (Å²) in [6, 6.07) is 5.52. The summed E-state index contributed by atoms with van der Waals surface area (Å²) < 4.78 is 12.5. The summed E-state index contributed by atoms with van der Waals surface area (Å²) >= 11 is 6.79. The first-order chi connectivity index (χ1) is 10.9. The molecular weight excluding hydrogens is 430 g/mol. The molecule has 2 N–H and O–H groups in total. The molecule has 0 aliphatic carbocycles. The highest BCUT2D eigenvalue weighted by molar-refractivity contribution is 9.11. The Hall–Kier alpha value is -1.67. The normalized spacial score (nSPS) is 10.4. The minimum Gasteiger partial charge on any atom is -0.486 e. The van der Waals surface area contributed by atoms with Crippen LogP contribution in [0.3, 0.4) is 0 Å². The zero-order chi connectivity index (χ0) is 17.0. The number of anilines is 1. The lowest BCUT2D eigenvalue weighted by Crippen LogP contribution is -2.16. The van der Waals surface area contributed by atoms with Crippen LogP contribution >= 0.6 is 31.9 Å². The van der Waals surface area contributed by atoms with Gasteiger partial charge in [-0.1, -0.05) is 15.9 Å². The largest absolute Gasteiger partial charge is 0.486 e. The molecule has 0 spiro atoms. The predicted octanol–water partition coefficient (Wildman–Crippen LogP) is 3.65. The molecule has 8 heteroatoms. The van der Waals surface area contributed by atoms with E-state index in [0.29, 0.717) is 17.1 Å². The lowest BCUT2D eigenvalue weighted by Gasteiger charge is -2.13. The molecule has 0 unspecified atom stereocenters. The van der Waals surface area contributed by atoms with Crippen molar-refractivity contribution in [2.24, 2.45) is 0 Å². The van der Waals surface area contributed by atoms with Gasteiger partial charge in [0.1, 0.15) is 17.9 Å². The average Bonchev–Trinajstić information content (AvgIpc) is 2.45. The zero-order valence-electron chi connectivity index (χ0n) is 12.6. The smallest absolute Gasteiger partial charge is 0.341 e. The predicted molar refractivity (Wildman–Crippen MR) is 93.3 cm³/mol. The molecule has 0 atom stereocenters. The van der Waals surface area contributed by atoms with Gasteiger partial charge in [0.05, 0.1) is 22.5 Å². The molecule has 0 aliphatic rings. The fourth-order valence-electron chi connectivity index (χ4n) is 1.97. The topological polar surface area (TPSA) is 87.3 Å². The second kappa shape index (κ2) is 7.74.